The van der Waals surface area contributed by atoms with Crippen LogP contribution >= 0.6 is 0 Å². The highest BCUT2D eigenvalue weighted by Crippen LogP contribution is 2.34. The van der Waals surface area contributed by atoms with Gasteiger partial charge in [0, 0.05) is 37.6 Å². The van der Waals surface area contributed by atoms with E-state index in [-0.39, 0.29) is 40.6 Å². The van der Waals surface area contributed by atoms with Crippen LogP contribution in [0.25, 0.3) is 16.6 Å². The van der Waals surface area contributed by atoms with Gasteiger partial charge in [-0.2, -0.15) is 13.2 Å². The summed E-state index contributed by atoms with van der Waals surface area (Å²) < 4.78 is 48.4. The molecule has 9 nitrogen and oxygen atoms in total. The lowest BCUT2D eigenvalue weighted by Gasteiger charge is -2.32. The third kappa shape index (κ3) is 5.58. The van der Waals surface area contributed by atoms with Crippen LogP contribution in [-0.2, 0) is 24.4 Å². The van der Waals surface area contributed by atoms with Crippen LogP contribution in [0.15, 0.2) is 35.1 Å². The summed E-state index contributed by atoms with van der Waals surface area (Å²) in [5.74, 6) is -0.701. The van der Waals surface area contributed by atoms with Crippen LogP contribution in [0.4, 0.5) is 13.2 Å². The second-order valence-electron chi connectivity index (χ2n) is 10.1. The van der Waals surface area contributed by atoms with E-state index in [0.29, 0.717) is 43.6 Å². The van der Waals surface area contributed by atoms with Crippen LogP contribution in [0.2, 0.25) is 0 Å². The summed E-state index contributed by atoms with van der Waals surface area (Å²) in [5, 5.41) is 12.2. The Bertz CT molecular complexity index is 1470. The number of alkyl halides is 3. The Hall–Kier alpha value is -3.80. The molecule has 12 heteroatoms. The van der Waals surface area contributed by atoms with Crippen LogP contribution in [0.1, 0.15) is 55.4 Å². The molecule has 0 unspecified atom stereocenters. The molecule has 0 saturated carbocycles. The average molecular weight is 563 g/mol. The predicted molar refractivity (Wildman–Crippen MR) is 143 cm³/mol. The molecule has 3 aromatic rings. The van der Waals surface area contributed by atoms with Gasteiger partial charge in [-0.05, 0) is 63.4 Å². The number of likely N-dealkylation sites (tertiary alicyclic amines) is 1. The van der Waals surface area contributed by atoms with Crippen LogP contribution in [0.3, 0.4) is 0 Å². The number of fused-ring (bicyclic) bond motifs is 1. The van der Waals surface area contributed by atoms with Gasteiger partial charge in [-0.15, -0.1) is 0 Å². The fourth-order valence-corrected chi connectivity index (χ4v) is 5.09. The number of piperidine rings is 1. The maximum absolute atomic E-state index is 14.0. The quantitative estimate of drug-likeness (QED) is 0.459. The molecule has 1 fully saturated rings. The Balaban J connectivity index is 1.78. The highest BCUT2D eigenvalue weighted by molar-refractivity contribution is 6.04. The number of amides is 2. The number of pyridine rings is 1. The smallest absolute Gasteiger partial charge is 0.416 e. The summed E-state index contributed by atoms with van der Waals surface area (Å²) in [7, 11) is 1.66. The highest BCUT2D eigenvalue weighted by Gasteiger charge is 2.32. The number of nitrogens with zero attached hydrogens (tertiary/aromatic N) is 3. The van der Waals surface area contributed by atoms with E-state index in [1.807, 2.05) is 6.92 Å². The van der Waals surface area contributed by atoms with E-state index >= 15 is 0 Å². The summed E-state index contributed by atoms with van der Waals surface area (Å²) >= 11 is 0. The van der Waals surface area contributed by atoms with E-state index < -0.39 is 29.8 Å². The molecule has 1 aliphatic heterocycles. The minimum atomic E-state index is -4.51. The second kappa shape index (κ2) is 11.4. The topological polar surface area (TPSA) is 106 Å². The van der Waals surface area contributed by atoms with E-state index in [4.69, 9.17) is 9.84 Å². The third-order valence-corrected chi connectivity index (χ3v) is 7.10. The fraction of sp³-hybridized carbons (Fsp3) is 0.464. The van der Waals surface area contributed by atoms with Crippen LogP contribution < -0.4 is 15.6 Å². The van der Waals surface area contributed by atoms with Crippen molar-refractivity contribution in [1.82, 2.24) is 19.4 Å². The van der Waals surface area contributed by atoms with Crippen molar-refractivity contribution in [3.05, 3.63) is 57.6 Å². The number of aromatic nitrogens is 2. The molecule has 40 heavy (non-hydrogen) atoms. The number of carbonyl (C=O) groups is 2. The van der Waals surface area contributed by atoms with Gasteiger partial charge in [-0.3, -0.25) is 19.0 Å². The van der Waals surface area contributed by atoms with Gasteiger partial charge in [0.2, 0.25) is 5.91 Å². The maximum atomic E-state index is 14.0. The molecular formula is C28H33F3N4O5. The SMILES string of the molecule is CCc1cc2c(c(OC(C)C)c(C(=O)NC3CCN(C(=O)CO)CC3)n2C)c(=O)n1-c1ccc(C(F)(F)F)cc1. The van der Waals surface area contributed by atoms with Crippen molar-refractivity contribution in [3.8, 4) is 11.4 Å². The van der Waals surface area contributed by atoms with Gasteiger partial charge in [0.15, 0.2) is 11.4 Å². The minimum Gasteiger partial charge on any atom is -0.488 e. The number of aryl methyl sites for hydroxylation is 2. The molecule has 2 aromatic heterocycles. The van der Waals surface area contributed by atoms with E-state index in [1.165, 1.54) is 16.7 Å². The van der Waals surface area contributed by atoms with Crippen molar-refractivity contribution >= 4 is 22.7 Å². The Morgan fingerprint density at radius 1 is 1.15 bits per heavy atom. The number of nitrogens with one attached hydrogen (secondary N) is 1. The zero-order valence-corrected chi connectivity index (χ0v) is 22.8. The summed E-state index contributed by atoms with van der Waals surface area (Å²) in [4.78, 5) is 40.9. The maximum Gasteiger partial charge on any atom is 0.416 e. The Morgan fingerprint density at radius 2 is 1.77 bits per heavy atom. The van der Waals surface area contributed by atoms with Crippen LogP contribution in [0, 0.1) is 0 Å². The first-order valence-corrected chi connectivity index (χ1v) is 13.2. The normalized spacial score (nSPS) is 14.7. The molecule has 0 aliphatic carbocycles. The standard InChI is InChI=1S/C28H33F3N4O5/c1-5-19-14-21-23(27(39)35(19)20-8-6-17(7-9-20)28(29,30)31)25(40-16(2)3)24(33(21)4)26(38)32-18-10-12-34(13-11-18)22(37)15-36/h6-9,14,16,18,36H,5,10-13,15H2,1-4H3,(H,32,38). The number of rotatable bonds is 7. The number of hydrogen-bond acceptors (Lipinski definition) is 5. The molecule has 0 atom stereocenters. The molecule has 1 saturated heterocycles. The number of hydrogen-bond donors (Lipinski definition) is 2. The summed E-state index contributed by atoms with van der Waals surface area (Å²) in [5.41, 5.74) is 0.122. The van der Waals surface area contributed by atoms with Crippen LogP contribution in [-0.4, -0.2) is 62.8 Å². The number of aliphatic hydroxyl groups is 1. The van der Waals surface area contributed by atoms with Crippen molar-refractivity contribution in [1.29, 1.82) is 0 Å². The molecule has 2 N–H and O–H groups in total. The molecule has 2 amide bonds. The van der Waals surface area contributed by atoms with Gasteiger partial charge in [0.1, 0.15) is 12.0 Å². The van der Waals surface area contributed by atoms with E-state index in [9.17, 15) is 27.6 Å². The summed E-state index contributed by atoms with van der Waals surface area (Å²) in [6, 6.07) is 5.89. The van der Waals surface area contributed by atoms with Gasteiger partial charge < -0.3 is 24.6 Å². The summed E-state index contributed by atoms with van der Waals surface area (Å²) in [6.07, 6.45) is -3.48. The van der Waals surface area contributed by atoms with Gasteiger partial charge in [0.25, 0.3) is 11.5 Å². The monoisotopic (exact) mass is 562 g/mol. The average Bonchev–Trinajstić information content (AvgIpc) is 3.18. The fourth-order valence-electron chi connectivity index (χ4n) is 5.09. The number of carbonyl (C=O) groups excluding carboxylic acids is 2. The first kappa shape index (κ1) is 29.2. The van der Waals surface area contributed by atoms with Gasteiger partial charge in [0.05, 0.1) is 17.2 Å². The zero-order chi connectivity index (χ0) is 29.4. The molecule has 0 bridgehead atoms. The zero-order valence-electron chi connectivity index (χ0n) is 22.8. The Morgan fingerprint density at radius 3 is 2.30 bits per heavy atom. The van der Waals surface area contributed by atoms with Crippen molar-refractivity contribution in [2.45, 2.75) is 58.4 Å². The predicted octanol–water partition coefficient (Wildman–Crippen LogP) is 3.41. The molecule has 0 radical (unpaired) electrons. The van der Waals surface area contributed by atoms with Gasteiger partial charge in [-0.1, -0.05) is 6.92 Å². The lowest BCUT2D eigenvalue weighted by Crippen LogP contribution is -2.47. The van der Waals surface area contributed by atoms with Crippen molar-refractivity contribution in [2.24, 2.45) is 7.05 Å². The van der Waals surface area contributed by atoms with Crippen molar-refractivity contribution in [3.63, 3.8) is 0 Å². The highest BCUT2D eigenvalue weighted by atomic mass is 19.4. The number of aliphatic hydroxyl groups excluding tert-OH is 1. The largest absolute Gasteiger partial charge is 0.488 e. The second-order valence-corrected chi connectivity index (χ2v) is 10.1. The molecule has 1 aromatic carbocycles. The Kier molecular flexibility index (Phi) is 8.29. The minimum absolute atomic E-state index is 0.103. The van der Waals surface area contributed by atoms with E-state index in [1.54, 1.807) is 36.4 Å². The first-order chi connectivity index (χ1) is 18.9. The lowest BCUT2D eigenvalue weighted by atomic mass is 10.0. The van der Waals surface area contributed by atoms with Crippen LogP contribution in [0.5, 0.6) is 5.75 Å². The van der Waals surface area contributed by atoms with Crippen molar-refractivity contribution < 1.29 is 32.6 Å². The van der Waals surface area contributed by atoms with Gasteiger partial charge >= 0.3 is 6.18 Å². The molecule has 4 rings (SSSR count). The first-order valence-electron chi connectivity index (χ1n) is 13.2. The molecule has 0 spiro atoms. The number of halogens is 3. The molecule has 216 valence electrons. The lowest BCUT2D eigenvalue weighted by molar-refractivity contribution is -0.137. The van der Waals surface area contributed by atoms with Crippen molar-refractivity contribution in [2.75, 3.05) is 19.7 Å². The molecular weight excluding hydrogens is 529 g/mol. The Labute approximate surface area is 229 Å². The number of ether oxygens (including phenoxy) is 1. The third-order valence-electron chi connectivity index (χ3n) is 7.10. The molecule has 3 heterocycles. The van der Waals surface area contributed by atoms with E-state index in [2.05, 4.69) is 5.32 Å². The molecule has 1 aliphatic rings. The van der Waals surface area contributed by atoms with E-state index in [0.717, 1.165) is 12.1 Å². The number of benzene rings is 1. The summed E-state index contributed by atoms with van der Waals surface area (Å²) in [6.45, 7) is 5.59. The van der Waals surface area contributed by atoms with Gasteiger partial charge in [-0.25, -0.2) is 0 Å².